The first-order valence-electron chi connectivity index (χ1n) is 5.58. The molecule has 2 N–H and O–H groups in total. The lowest BCUT2D eigenvalue weighted by molar-refractivity contribution is 0.282. The van der Waals surface area contributed by atoms with Crippen LogP contribution in [0.3, 0.4) is 0 Å². The van der Waals surface area contributed by atoms with Crippen molar-refractivity contribution in [1.29, 1.82) is 0 Å². The highest BCUT2D eigenvalue weighted by atomic mass is 16.3. The van der Waals surface area contributed by atoms with Crippen LogP contribution in [0, 0.1) is 0 Å². The standard InChI is InChI=1S/C13H17N3O/c1-16(2)8-10-3-4-12(11(7-10)9-17)13-5-6-14-15-13/h3-7,17H,8-9H2,1-2H3,(H,14,15). The highest BCUT2D eigenvalue weighted by Gasteiger charge is 2.07. The molecule has 0 unspecified atom stereocenters. The summed E-state index contributed by atoms with van der Waals surface area (Å²) in [6.45, 7) is 0.909. The van der Waals surface area contributed by atoms with Gasteiger partial charge < -0.3 is 10.0 Å². The normalized spacial score (nSPS) is 11.1. The van der Waals surface area contributed by atoms with Crippen molar-refractivity contribution in [2.45, 2.75) is 13.2 Å². The minimum absolute atomic E-state index is 0.0373. The molecular formula is C13H17N3O. The topological polar surface area (TPSA) is 52.2 Å². The van der Waals surface area contributed by atoms with Crippen LogP contribution in [0.2, 0.25) is 0 Å². The summed E-state index contributed by atoms with van der Waals surface area (Å²) in [4.78, 5) is 2.10. The second-order valence-electron chi connectivity index (χ2n) is 4.36. The van der Waals surface area contributed by atoms with Gasteiger partial charge in [0.2, 0.25) is 0 Å². The summed E-state index contributed by atoms with van der Waals surface area (Å²) in [7, 11) is 4.06. The quantitative estimate of drug-likeness (QED) is 0.841. The largest absolute Gasteiger partial charge is 0.392 e. The molecule has 4 heteroatoms. The number of nitrogens with one attached hydrogen (secondary N) is 1. The van der Waals surface area contributed by atoms with Crippen LogP contribution in [-0.4, -0.2) is 34.3 Å². The smallest absolute Gasteiger partial charge is 0.0688 e. The van der Waals surface area contributed by atoms with Crippen molar-refractivity contribution in [3.05, 3.63) is 41.6 Å². The first kappa shape index (κ1) is 11.8. The van der Waals surface area contributed by atoms with Gasteiger partial charge in [-0.15, -0.1) is 0 Å². The molecule has 0 bridgehead atoms. The molecule has 90 valence electrons. The van der Waals surface area contributed by atoms with Gasteiger partial charge in [0.15, 0.2) is 0 Å². The molecule has 17 heavy (non-hydrogen) atoms. The van der Waals surface area contributed by atoms with E-state index >= 15 is 0 Å². The van der Waals surface area contributed by atoms with Crippen LogP contribution in [0.25, 0.3) is 11.3 Å². The summed E-state index contributed by atoms with van der Waals surface area (Å²) >= 11 is 0. The molecule has 0 radical (unpaired) electrons. The molecular weight excluding hydrogens is 214 g/mol. The summed E-state index contributed by atoms with van der Waals surface area (Å²) in [6.07, 6.45) is 1.71. The molecule has 0 aliphatic heterocycles. The molecule has 0 spiro atoms. The Bertz CT molecular complexity index is 477. The highest BCUT2D eigenvalue weighted by Crippen LogP contribution is 2.23. The van der Waals surface area contributed by atoms with Crippen molar-refractivity contribution in [1.82, 2.24) is 15.1 Å². The number of rotatable bonds is 4. The molecule has 0 saturated heterocycles. The van der Waals surface area contributed by atoms with E-state index in [0.717, 1.165) is 23.4 Å². The lowest BCUT2D eigenvalue weighted by atomic mass is 10.0. The van der Waals surface area contributed by atoms with Crippen LogP contribution in [0.1, 0.15) is 11.1 Å². The summed E-state index contributed by atoms with van der Waals surface area (Å²) in [5, 5.41) is 16.3. The van der Waals surface area contributed by atoms with Gasteiger partial charge in [0.05, 0.1) is 12.3 Å². The molecule has 0 aliphatic rings. The maximum absolute atomic E-state index is 9.43. The summed E-state index contributed by atoms with van der Waals surface area (Å²) in [6, 6.07) is 8.05. The van der Waals surface area contributed by atoms with E-state index in [0.29, 0.717) is 0 Å². The monoisotopic (exact) mass is 231 g/mol. The number of nitrogens with zero attached hydrogens (tertiary/aromatic N) is 2. The lowest BCUT2D eigenvalue weighted by Crippen LogP contribution is -2.11. The number of benzene rings is 1. The summed E-state index contributed by atoms with van der Waals surface area (Å²) < 4.78 is 0. The molecule has 4 nitrogen and oxygen atoms in total. The molecule has 0 saturated carbocycles. The average molecular weight is 231 g/mol. The van der Waals surface area contributed by atoms with Gasteiger partial charge >= 0.3 is 0 Å². The third-order valence-electron chi connectivity index (χ3n) is 2.63. The second kappa shape index (κ2) is 5.12. The van der Waals surface area contributed by atoms with Gasteiger partial charge in [-0.2, -0.15) is 5.10 Å². The van der Waals surface area contributed by atoms with Crippen molar-refractivity contribution in [2.24, 2.45) is 0 Å². The number of hydrogen-bond donors (Lipinski definition) is 2. The molecule has 1 aromatic carbocycles. The maximum Gasteiger partial charge on any atom is 0.0688 e. The first-order chi connectivity index (χ1) is 8.20. The lowest BCUT2D eigenvalue weighted by Gasteiger charge is -2.12. The molecule has 2 rings (SSSR count). The number of aliphatic hydroxyl groups excluding tert-OH is 1. The Hall–Kier alpha value is -1.65. The predicted molar refractivity (Wildman–Crippen MR) is 67.3 cm³/mol. The van der Waals surface area contributed by atoms with Crippen molar-refractivity contribution in [2.75, 3.05) is 14.1 Å². The zero-order valence-corrected chi connectivity index (χ0v) is 10.1. The molecule has 1 heterocycles. The van der Waals surface area contributed by atoms with Crippen LogP contribution >= 0.6 is 0 Å². The van der Waals surface area contributed by atoms with Crippen LogP contribution in [0.5, 0.6) is 0 Å². The Kier molecular flexibility index (Phi) is 3.56. The van der Waals surface area contributed by atoms with Gasteiger partial charge in [-0.05, 0) is 31.3 Å². The Labute approximate surface area is 101 Å². The van der Waals surface area contributed by atoms with Crippen LogP contribution in [0.4, 0.5) is 0 Å². The summed E-state index contributed by atoms with van der Waals surface area (Å²) in [5.74, 6) is 0. The minimum atomic E-state index is 0.0373. The van der Waals surface area contributed by atoms with Crippen LogP contribution in [0.15, 0.2) is 30.5 Å². The van der Waals surface area contributed by atoms with Crippen molar-refractivity contribution in [3.8, 4) is 11.3 Å². The molecule has 0 fully saturated rings. The molecule has 0 aliphatic carbocycles. The average Bonchev–Trinajstić information content (AvgIpc) is 2.81. The number of hydrogen-bond acceptors (Lipinski definition) is 3. The van der Waals surface area contributed by atoms with Gasteiger partial charge in [0, 0.05) is 18.3 Å². The zero-order chi connectivity index (χ0) is 12.3. The van der Waals surface area contributed by atoms with E-state index < -0.39 is 0 Å². The van der Waals surface area contributed by atoms with Gasteiger partial charge in [-0.1, -0.05) is 18.2 Å². The van der Waals surface area contributed by atoms with Gasteiger partial charge in [-0.25, -0.2) is 0 Å². The van der Waals surface area contributed by atoms with Crippen LogP contribution < -0.4 is 0 Å². The van der Waals surface area contributed by atoms with E-state index in [1.165, 1.54) is 5.56 Å². The fourth-order valence-electron chi connectivity index (χ4n) is 1.91. The fraction of sp³-hybridized carbons (Fsp3) is 0.308. The fourth-order valence-corrected chi connectivity index (χ4v) is 1.91. The van der Waals surface area contributed by atoms with Crippen molar-refractivity contribution in [3.63, 3.8) is 0 Å². The summed E-state index contributed by atoms with van der Waals surface area (Å²) in [5.41, 5.74) is 4.06. The third kappa shape index (κ3) is 2.72. The number of aliphatic hydroxyl groups is 1. The van der Waals surface area contributed by atoms with Gasteiger partial charge in [0.25, 0.3) is 0 Å². The van der Waals surface area contributed by atoms with E-state index in [2.05, 4.69) is 21.2 Å². The first-order valence-corrected chi connectivity index (χ1v) is 5.58. The zero-order valence-electron chi connectivity index (χ0n) is 10.1. The Morgan fingerprint density at radius 3 is 2.71 bits per heavy atom. The maximum atomic E-state index is 9.43. The highest BCUT2D eigenvalue weighted by molar-refractivity contribution is 5.63. The molecule has 1 aromatic heterocycles. The van der Waals surface area contributed by atoms with Crippen LogP contribution in [-0.2, 0) is 13.2 Å². The van der Waals surface area contributed by atoms with E-state index in [1.54, 1.807) is 6.20 Å². The Morgan fingerprint density at radius 2 is 2.12 bits per heavy atom. The molecule has 0 atom stereocenters. The van der Waals surface area contributed by atoms with Gasteiger partial charge in [0.1, 0.15) is 0 Å². The van der Waals surface area contributed by atoms with E-state index in [4.69, 9.17) is 0 Å². The Balaban J connectivity index is 2.35. The van der Waals surface area contributed by atoms with Crippen molar-refractivity contribution >= 4 is 0 Å². The van der Waals surface area contributed by atoms with Crippen molar-refractivity contribution < 1.29 is 5.11 Å². The SMILES string of the molecule is CN(C)Cc1ccc(-c2ccn[nH]2)c(CO)c1. The predicted octanol–water partition coefficient (Wildman–Crippen LogP) is 1.63. The van der Waals surface area contributed by atoms with E-state index in [-0.39, 0.29) is 6.61 Å². The number of aromatic nitrogens is 2. The third-order valence-corrected chi connectivity index (χ3v) is 2.63. The molecule has 0 amide bonds. The Morgan fingerprint density at radius 1 is 1.29 bits per heavy atom. The minimum Gasteiger partial charge on any atom is -0.392 e. The second-order valence-corrected chi connectivity index (χ2v) is 4.36. The molecule has 2 aromatic rings. The number of aromatic amines is 1. The van der Waals surface area contributed by atoms with E-state index in [9.17, 15) is 5.11 Å². The van der Waals surface area contributed by atoms with Gasteiger partial charge in [-0.3, -0.25) is 5.10 Å². The van der Waals surface area contributed by atoms with E-state index in [1.807, 2.05) is 32.3 Å². The number of H-pyrrole nitrogens is 1.